The normalized spacial score (nSPS) is 15.8. The Kier molecular flexibility index (Phi) is 4.88. The molecule has 1 aliphatic rings. The second-order valence-electron chi connectivity index (χ2n) is 6.55. The second-order valence-corrected chi connectivity index (χ2v) is 6.55. The first-order chi connectivity index (χ1) is 12.1. The number of benzene rings is 1. The number of methoxy groups -OCH3 is 1. The number of carbonyl (C=O) groups is 1. The summed E-state index contributed by atoms with van der Waals surface area (Å²) in [6, 6.07) is 10.8. The van der Waals surface area contributed by atoms with E-state index in [-0.39, 0.29) is 22.6 Å². The van der Waals surface area contributed by atoms with Crippen molar-refractivity contribution < 1.29 is 9.53 Å². The Bertz CT molecular complexity index is 823. The molecule has 0 unspecified atom stereocenters. The van der Waals surface area contributed by atoms with E-state index in [0.29, 0.717) is 6.54 Å². The SMILES string of the molecule is COc1ccccc1C1(CNC(=O)c2ccc(=O)n(C)n2)CCCC1. The summed E-state index contributed by atoms with van der Waals surface area (Å²) in [5.74, 6) is 0.593. The van der Waals surface area contributed by atoms with Crippen molar-refractivity contribution >= 4 is 5.91 Å². The third-order valence-corrected chi connectivity index (χ3v) is 5.02. The molecule has 1 aliphatic carbocycles. The van der Waals surface area contributed by atoms with Crippen LogP contribution >= 0.6 is 0 Å². The summed E-state index contributed by atoms with van der Waals surface area (Å²) in [7, 11) is 3.21. The van der Waals surface area contributed by atoms with Crippen LogP contribution in [-0.4, -0.2) is 29.3 Å². The minimum atomic E-state index is -0.267. The number of para-hydroxylation sites is 1. The zero-order valence-corrected chi connectivity index (χ0v) is 14.6. The largest absolute Gasteiger partial charge is 0.496 e. The molecule has 3 rings (SSSR count). The summed E-state index contributed by atoms with van der Waals surface area (Å²) in [6.07, 6.45) is 4.28. The first-order valence-electron chi connectivity index (χ1n) is 8.52. The van der Waals surface area contributed by atoms with Crippen LogP contribution in [-0.2, 0) is 12.5 Å². The van der Waals surface area contributed by atoms with Gasteiger partial charge in [-0.15, -0.1) is 0 Å². The second kappa shape index (κ2) is 7.09. The Morgan fingerprint density at radius 3 is 2.64 bits per heavy atom. The molecule has 1 fully saturated rings. The van der Waals surface area contributed by atoms with Gasteiger partial charge in [-0.1, -0.05) is 31.0 Å². The van der Waals surface area contributed by atoms with Crippen LogP contribution in [0.15, 0.2) is 41.2 Å². The lowest BCUT2D eigenvalue weighted by Gasteiger charge is -2.31. The molecule has 6 heteroatoms. The molecular weight excluding hydrogens is 318 g/mol. The van der Waals surface area contributed by atoms with Crippen LogP contribution in [0.3, 0.4) is 0 Å². The molecule has 1 N–H and O–H groups in total. The highest BCUT2D eigenvalue weighted by atomic mass is 16.5. The van der Waals surface area contributed by atoms with Crippen molar-refractivity contribution in [3.8, 4) is 5.75 Å². The molecule has 1 heterocycles. The number of aryl methyl sites for hydroxylation is 1. The molecule has 25 heavy (non-hydrogen) atoms. The van der Waals surface area contributed by atoms with Crippen molar-refractivity contribution in [3.05, 3.63) is 58.0 Å². The number of amides is 1. The van der Waals surface area contributed by atoms with Crippen LogP contribution in [0.25, 0.3) is 0 Å². The van der Waals surface area contributed by atoms with Gasteiger partial charge in [0.1, 0.15) is 11.4 Å². The quantitative estimate of drug-likeness (QED) is 0.903. The highest BCUT2D eigenvalue weighted by Gasteiger charge is 2.38. The monoisotopic (exact) mass is 341 g/mol. The molecular formula is C19H23N3O3. The van der Waals surface area contributed by atoms with Gasteiger partial charge in [0, 0.05) is 30.6 Å². The van der Waals surface area contributed by atoms with E-state index in [1.54, 1.807) is 7.11 Å². The lowest BCUT2D eigenvalue weighted by Crippen LogP contribution is -2.40. The van der Waals surface area contributed by atoms with Gasteiger partial charge in [0.05, 0.1) is 7.11 Å². The molecule has 0 atom stereocenters. The van der Waals surface area contributed by atoms with Gasteiger partial charge in [0.25, 0.3) is 11.5 Å². The molecule has 0 spiro atoms. The molecule has 1 amide bonds. The molecule has 2 aromatic rings. The summed E-state index contributed by atoms with van der Waals surface area (Å²) >= 11 is 0. The maximum absolute atomic E-state index is 12.5. The molecule has 0 bridgehead atoms. The van der Waals surface area contributed by atoms with Gasteiger partial charge in [0.2, 0.25) is 0 Å². The van der Waals surface area contributed by atoms with Crippen molar-refractivity contribution in [1.29, 1.82) is 0 Å². The Labute approximate surface area is 146 Å². The average molecular weight is 341 g/mol. The van der Waals surface area contributed by atoms with E-state index in [9.17, 15) is 9.59 Å². The third-order valence-electron chi connectivity index (χ3n) is 5.02. The zero-order chi connectivity index (χ0) is 17.9. The lowest BCUT2D eigenvalue weighted by molar-refractivity contribution is 0.0935. The van der Waals surface area contributed by atoms with E-state index in [4.69, 9.17) is 4.74 Å². The van der Waals surface area contributed by atoms with Crippen LogP contribution < -0.4 is 15.6 Å². The summed E-state index contributed by atoms with van der Waals surface area (Å²) in [5, 5.41) is 7.02. The first kappa shape index (κ1) is 17.2. The minimum Gasteiger partial charge on any atom is -0.496 e. The van der Waals surface area contributed by atoms with E-state index in [0.717, 1.165) is 37.0 Å². The van der Waals surface area contributed by atoms with Crippen LogP contribution in [0.2, 0.25) is 0 Å². The fraction of sp³-hybridized carbons (Fsp3) is 0.421. The standard InChI is InChI=1S/C19H23N3O3/c1-22-17(23)10-9-15(21-22)18(24)20-13-19(11-5-6-12-19)14-7-3-4-8-16(14)25-2/h3-4,7-10H,5-6,11-13H2,1-2H3,(H,20,24). The highest BCUT2D eigenvalue weighted by Crippen LogP contribution is 2.44. The van der Waals surface area contributed by atoms with E-state index in [2.05, 4.69) is 16.5 Å². The molecule has 1 aromatic heterocycles. The molecule has 6 nitrogen and oxygen atoms in total. The number of nitrogens with one attached hydrogen (secondary N) is 1. The minimum absolute atomic E-state index is 0.122. The Balaban J connectivity index is 1.82. The molecule has 0 saturated heterocycles. The van der Waals surface area contributed by atoms with Crippen LogP contribution in [0, 0.1) is 0 Å². The van der Waals surface area contributed by atoms with Gasteiger partial charge in [0.15, 0.2) is 0 Å². The van der Waals surface area contributed by atoms with E-state index in [1.165, 1.54) is 23.9 Å². The van der Waals surface area contributed by atoms with E-state index >= 15 is 0 Å². The van der Waals surface area contributed by atoms with Crippen molar-refractivity contribution in [2.45, 2.75) is 31.1 Å². The Morgan fingerprint density at radius 1 is 1.24 bits per heavy atom. The number of ether oxygens (including phenoxy) is 1. The number of hydrogen-bond donors (Lipinski definition) is 1. The molecule has 1 saturated carbocycles. The maximum atomic E-state index is 12.5. The first-order valence-corrected chi connectivity index (χ1v) is 8.52. The predicted octanol–water partition coefficient (Wildman–Crippen LogP) is 2.03. The Hall–Kier alpha value is -2.63. The third kappa shape index (κ3) is 3.43. The number of rotatable bonds is 5. The van der Waals surface area contributed by atoms with Crippen molar-refractivity contribution in [3.63, 3.8) is 0 Å². The number of aromatic nitrogens is 2. The molecule has 132 valence electrons. The lowest BCUT2D eigenvalue weighted by atomic mass is 9.78. The summed E-state index contributed by atoms with van der Waals surface area (Å²) < 4.78 is 6.71. The maximum Gasteiger partial charge on any atom is 0.271 e. The highest BCUT2D eigenvalue weighted by molar-refractivity contribution is 5.92. The van der Waals surface area contributed by atoms with Crippen molar-refractivity contribution in [2.75, 3.05) is 13.7 Å². The smallest absolute Gasteiger partial charge is 0.271 e. The fourth-order valence-electron chi connectivity index (χ4n) is 3.64. The fourth-order valence-corrected chi connectivity index (χ4v) is 3.64. The average Bonchev–Trinajstić information content (AvgIpc) is 3.12. The van der Waals surface area contributed by atoms with E-state index < -0.39 is 0 Å². The number of hydrogen-bond acceptors (Lipinski definition) is 4. The Morgan fingerprint density at radius 2 is 1.96 bits per heavy atom. The van der Waals surface area contributed by atoms with Gasteiger partial charge in [-0.05, 0) is 25.0 Å². The summed E-state index contributed by atoms with van der Waals surface area (Å²) in [5.41, 5.74) is 1.03. The van der Waals surface area contributed by atoms with Gasteiger partial charge in [-0.25, -0.2) is 4.68 Å². The number of nitrogens with zero attached hydrogens (tertiary/aromatic N) is 2. The molecule has 1 aromatic carbocycles. The van der Waals surface area contributed by atoms with Crippen LogP contribution in [0.4, 0.5) is 0 Å². The summed E-state index contributed by atoms with van der Waals surface area (Å²) in [4.78, 5) is 23.9. The zero-order valence-electron chi connectivity index (χ0n) is 14.6. The molecule has 0 aliphatic heterocycles. The van der Waals surface area contributed by atoms with Crippen molar-refractivity contribution in [1.82, 2.24) is 15.1 Å². The van der Waals surface area contributed by atoms with Crippen LogP contribution in [0.5, 0.6) is 5.75 Å². The van der Waals surface area contributed by atoms with Gasteiger partial charge < -0.3 is 10.1 Å². The van der Waals surface area contributed by atoms with Crippen LogP contribution in [0.1, 0.15) is 41.7 Å². The van der Waals surface area contributed by atoms with Gasteiger partial charge in [-0.3, -0.25) is 9.59 Å². The van der Waals surface area contributed by atoms with E-state index in [1.807, 2.05) is 18.2 Å². The topological polar surface area (TPSA) is 73.2 Å². The van der Waals surface area contributed by atoms with Crippen molar-refractivity contribution in [2.24, 2.45) is 7.05 Å². The van der Waals surface area contributed by atoms with Gasteiger partial charge in [-0.2, -0.15) is 5.10 Å². The number of carbonyl (C=O) groups excluding carboxylic acids is 1. The predicted molar refractivity (Wildman–Crippen MR) is 95.0 cm³/mol. The molecule has 0 radical (unpaired) electrons. The summed E-state index contributed by atoms with van der Waals surface area (Å²) in [6.45, 7) is 0.525. The van der Waals surface area contributed by atoms with Gasteiger partial charge >= 0.3 is 0 Å².